The molecule has 1 aromatic heterocycles. The van der Waals surface area contributed by atoms with Crippen molar-refractivity contribution in [1.29, 1.82) is 0 Å². The molecule has 7 heteroatoms. The highest BCUT2D eigenvalue weighted by Gasteiger charge is 2.09. The van der Waals surface area contributed by atoms with Crippen LogP contribution in [0, 0.1) is 0 Å². The fraction of sp³-hybridized carbons (Fsp3) is 0.500. The second kappa shape index (κ2) is 5.40. The second-order valence-corrected chi connectivity index (χ2v) is 3.49. The lowest BCUT2D eigenvalue weighted by Gasteiger charge is -1.99. The number of rotatable bonds is 4. The van der Waals surface area contributed by atoms with Gasteiger partial charge in [-0.1, -0.05) is 0 Å². The van der Waals surface area contributed by atoms with Crippen LogP contribution in [0.25, 0.3) is 0 Å². The average Bonchev–Trinajstić information content (AvgIpc) is 2.51. The molecule has 0 aromatic carbocycles. The third kappa shape index (κ3) is 4.03. The van der Waals surface area contributed by atoms with Crippen LogP contribution >= 0.6 is 11.5 Å². The summed E-state index contributed by atoms with van der Waals surface area (Å²) in [6.45, 7) is 3.46. The van der Waals surface area contributed by atoms with Crippen LogP contribution in [0.2, 0.25) is 0 Å². The van der Waals surface area contributed by atoms with Crippen LogP contribution in [0.1, 0.15) is 19.7 Å². The Labute approximate surface area is 90.8 Å². The molecule has 0 spiro atoms. The molecule has 15 heavy (non-hydrogen) atoms. The van der Waals surface area contributed by atoms with Gasteiger partial charge < -0.3 is 4.74 Å². The van der Waals surface area contributed by atoms with Crippen molar-refractivity contribution >= 4 is 28.5 Å². The Bertz CT molecular complexity index is 364. The monoisotopic (exact) mass is 229 g/mol. The van der Waals surface area contributed by atoms with E-state index in [9.17, 15) is 9.59 Å². The molecule has 0 atom stereocenters. The summed E-state index contributed by atoms with van der Waals surface area (Å²) in [4.78, 5) is 25.7. The topological polar surface area (TPSA) is 81.2 Å². The Hall–Kier alpha value is -1.50. The van der Waals surface area contributed by atoms with Gasteiger partial charge in [0.25, 0.3) is 0 Å². The van der Waals surface area contributed by atoms with Crippen molar-refractivity contribution in [3.05, 3.63) is 5.82 Å². The minimum absolute atomic E-state index is 0.0181. The molecule has 0 saturated heterocycles. The first kappa shape index (κ1) is 11.6. The second-order valence-electron chi connectivity index (χ2n) is 2.74. The van der Waals surface area contributed by atoms with Gasteiger partial charge in [0.2, 0.25) is 5.13 Å². The van der Waals surface area contributed by atoms with Crippen LogP contribution in [0.5, 0.6) is 0 Å². The standard InChI is InChI=1S/C8H11N3O3S/c1-3-14-8(13)10-7-9-6(11-15-7)4-5(2)12/h3-4H2,1-2H3,(H,9,10,11,13). The molecule has 82 valence electrons. The van der Waals surface area contributed by atoms with E-state index in [4.69, 9.17) is 0 Å². The summed E-state index contributed by atoms with van der Waals surface area (Å²) in [5.74, 6) is 0.398. The van der Waals surface area contributed by atoms with Crippen LogP contribution in [-0.2, 0) is 16.0 Å². The first-order chi connectivity index (χ1) is 7.11. The number of hydrogen-bond acceptors (Lipinski definition) is 6. The molecule has 0 bridgehead atoms. The lowest BCUT2D eigenvalue weighted by Crippen LogP contribution is -2.13. The van der Waals surface area contributed by atoms with Gasteiger partial charge in [0.1, 0.15) is 5.78 Å². The van der Waals surface area contributed by atoms with Crippen LogP contribution in [0.4, 0.5) is 9.93 Å². The minimum Gasteiger partial charge on any atom is -0.450 e. The maximum atomic E-state index is 11.0. The van der Waals surface area contributed by atoms with Crippen molar-refractivity contribution in [3.63, 3.8) is 0 Å². The van der Waals surface area contributed by atoms with Gasteiger partial charge in [0, 0.05) is 11.5 Å². The van der Waals surface area contributed by atoms with Crippen LogP contribution < -0.4 is 5.32 Å². The van der Waals surface area contributed by atoms with Crippen LogP contribution in [0.3, 0.4) is 0 Å². The molecule has 1 aromatic rings. The quantitative estimate of drug-likeness (QED) is 0.840. The third-order valence-electron chi connectivity index (χ3n) is 1.36. The number of ketones is 1. The molecule has 0 saturated carbocycles. The lowest BCUT2D eigenvalue weighted by atomic mass is 10.3. The zero-order valence-corrected chi connectivity index (χ0v) is 9.26. The number of ether oxygens (including phenoxy) is 1. The van der Waals surface area contributed by atoms with E-state index in [1.807, 2.05) is 0 Å². The Balaban J connectivity index is 2.52. The predicted octanol–water partition coefficient (Wildman–Crippen LogP) is 1.24. The maximum absolute atomic E-state index is 11.0. The van der Waals surface area contributed by atoms with Crippen molar-refractivity contribution in [2.75, 3.05) is 11.9 Å². The van der Waals surface area contributed by atoms with E-state index in [1.54, 1.807) is 6.92 Å². The van der Waals surface area contributed by atoms with Gasteiger partial charge in [-0.2, -0.15) is 4.37 Å². The minimum atomic E-state index is -0.567. The van der Waals surface area contributed by atoms with Crippen LogP contribution in [0.15, 0.2) is 0 Å². The van der Waals surface area contributed by atoms with Crippen LogP contribution in [-0.4, -0.2) is 27.8 Å². The van der Waals surface area contributed by atoms with Gasteiger partial charge in [0.15, 0.2) is 5.82 Å². The van der Waals surface area contributed by atoms with E-state index in [0.29, 0.717) is 17.6 Å². The molecule has 0 fully saturated rings. The smallest absolute Gasteiger partial charge is 0.413 e. The molecule has 0 unspecified atom stereocenters. The Morgan fingerprint density at radius 1 is 1.53 bits per heavy atom. The average molecular weight is 229 g/mol. The van der Waals surface area contributed by atoms with Gasteiger partial charge in [-0.05, 0) is 13.8 Å². The summed E-state index contributed by atoms with van der Waals surface area (Å²) in [5, 5.41) is 2.75. The molecule has 0 aliphatic heterocycles. The molecule has 1 rings (SSSR count). The predicted molar refractivity (Wildman–Crippen MR) is 54.9 cm³/mol. The summed E-state index contributed by atoms with van der Waals surface area (Å²) in [6, 6.07) is 0. The summed E-state index contributed by atoms with van der Waals surface area (Å²) >= 11 is 1.02. The number of hydrogen-bond donors (Lipinski definition) is 1. The number of nitrogens with one attached hydrogen (secondary N) is 1. The number of anilines is 1. The van der Waals surface area contributed by atoms with Gasteiger partial charge >= 0.3 is 6.09 Å². The largest absolute Gasteiger partial charge is 0.450 e. The van der Waals surface area contributed by atoms with Crippen molar-refractivity contribution in [3.8, 4) is 0 Å². The summed E-state index contributed by atoms with van der Waals surface area (Å²) in [5.41, 5.74) is 0. The van der Waals surface area contributed by atoms with E-state index in [1.165, 1.54) is 6.92 Å². The zero-order valence-electron chi connectivity index (χ0n) is 8.44. The number of carbonyl (C=O) groups excluding carboxylic acids is 2. The van der Waals surface area contributed by atoms with Gasteiger partial charge in [-0.15, -0.1) is 0 Å². The van der Waals surface area contributed by atoms with E-state index in [-0.39, 0.29) is 12.2 Å². The van der Waals surface area contributed by atoms with E-state index in [2.05, 4.69) is 19.4 Å². The third-order valence-corrected chi connectivity index (χ3v) is 2.03. The number of aromatic nitrogens is 2. The lowest BCUT2D eigenvalue weighted by molar-refractivity contribution is -0.116. The molecule has 6 nitrogen and oxygen atoms in total. The van der Waals surface area contributed by atoms with Gasteiger partial charge in [-0.3, -0.25) is 10.1 Å². The number of carbonyl (C=O) groups is 2. The first-order valence-electron chi connectivity index (χ1n) is 4.37. The first-order valence-corrected chi connectivity index (χ1v) is 5.15. The van der Waals surface area contributed by atoms with Crippen molar-refractivity contribution in [2.45, 2.75) is 20.3 Å². The number of nitrogens with zero attached hydrogens (tertiary/aromatic N) is 2. The molecule has 1 N–H and O–H groups in total. The molecule has 0 aliphatic carbocycles. The fourth-order valence-electron chi connectivity index (χ4n) is 0.854. The van der Waals surface area contributed by atoms with Crippen molar-refractivity contribution in [2.24, 2.45) is 0 Å². The SMILES string of the molecule is CCOC(=O)Nc1nc(CC(C)=O)ns1. The zero-order chi connectivity index (χ0) is 11.3. The normalized spacial score (nSPS) is 9.73. The molecule has 1 heterocycles. The highest BCUT2D eigenvalue weighted by atomic mass is 32.1. The van der Waals surface area contributed by atoms with E-state index in [0.717, 1.165) is 11.5 Å². The summed E-state index contributed by atoms with van der Waals surface area (Å²) < 4.78 is 8.57. The summed E-state index contributed by atoms with van der Waals surface area (Å²) in [6.07, 6.45) is -0.385. The fourth-order valence-corrected chi connectivity index (χ4v) is 1.43. The van der Waals surface area contributed by atoms with Crippen molar-refractivity contribution in [1.82, 2.24) is 9.36 Å². The van der Waals surface area contributed by atoms with Gasteiger partial charge in [-0.25, -0.2) is 9.78 Å². The van der Waals surface area contributed by atoms with E-state index >= 15 is 0 Å². The number of Topliss-reactive ketones (excluding diaryl/α,β-unsaturated/α-hetero) is 1. The molecule has 0 aliphatic rings. The highest BCUT2D eigenvalue weighted by Crippen LogP contribution is 2.11. The molecular weight excluding hydrogens is 218 g/mol. The highest BCUT2D eigenvalue weighted by molar-refractivity contribution is 7.09. The van der Waals surface area contributed by atoms with Crippen molar-refractivity contribution < 1.29 is 14.3 Å². The molecular formula is C8H11N3O3S. The Morgan fingerprint density at radius 2 is 2.27 bits per heavy atom. The Kier molecular flexibility index (Phi) is 4.17. The number of amides is 1. The van der Waals surface area contributed by atoms with E-state index < -0.39 is 6.09 Å². The maximum Gasteiger partial charge on any atom is 0.413 e. The van der Waals surface area contributed by atoms with Gasteiger partial charge in [0.05, 0.1) is 13.0 Å². The Morgan fingerprint density at radius 3 is 2.87 bits per heavy atom. The molecule has 1 amide bonds. The summed E-state index contributed by atoms with van der Waals surface area (Å²) in [7, 11) is 0. The molecule has 0 radical (unpaired) electrons.